The number of hydrogen-bond donors (Lipinski definition) is 0. The molecule has 0 radical (unpaired) electrons. The first-order valence-corrected chi connectivity index (χ1v) is 14.3. The second kappa shape index (κ2) is 8.30. The molecule has 0 amide bonds. The number of benzene rings is 6. The maximum absolute atomic E-state index is 2.44. The third-order valence-corrected chi connectivity index (χ3v) is 9.63. The molecule has 0 unspecified atom stereocenters. The van der Waals surface area contributed by atoms with Crippen molar-refractivity contribution in [3.63, 3.8) is 0 Å². The molecule has 0 spiro atoms. The van der Waals surface area contributed by atoms with Crippen LogP contribution in [0, 0.1) is 0 Å². The Kier molecular flexibility index (Phi) is 4.80. The van der Waals surface area contributed by atoms with E-state index in [1.54, 1.807) is 0 Å². The molecule has 0 fully saturated rings. The zero-order valence-corrected chi connectivity index (χ0v) is 22.8. The number of nitrogens with zero attached hydrogens (tertiary/aromatic N) is 1. The van der Waals surface area contributed by atoms with Crippen molar-refractivity contribution in [2.75, 3.05) is 4.90 Å². The molecular weight excluding hydrogens is 490 g/mol. The smallest absolute Gasteiger partial charge is 0.0640 e. The van der Waals surface area contributed by atoms with E-state index in [4.69, 9.17) is 0 Å². The molecule has 1 aromatic heterocycles. The number of fused-ring (bicyclic) bond motifs is 7. The summed E-state index contributed by atoms with van der Waals surface area (Å²) in [7, 11) is 0. The maximum atomic E-state index is 2.44. The summed E-state index contributed by atoms with van der Waals surface area (Å²) in [5.74, 6) is 0. The van der Waals surface area contributed by atoms with Gasteiger partial charge in [-0.25, -0.2) is 0 Å². The van der Waals surface area contributed by atoms with Gasteiger partial charge < -0.3 is 4.90 Å². The summed E-state index contributed by atoms with van der Waals surface area (Å²) in [4.78, 5) is 2.44. The summed E-state index contributed by atoms with van der Waals surface area (Å²) >= 11 is 1.88. The Morgan fingerprint density at radius 3 is 2.08 bits per heavy atom. The first-order chi connectivity index (χ1) is 19.1. The molecule has 0 saturated carbocycles. The molecular formula is C37H27NS. The van der Waals surface area contributed by atoms with Gasteiger partial charge in [0.15, 0.2) is 0 Å². The molecule has 7 aromatic rings. The van der Waals surface area contributed by atoms with Crippen molar-refractivity contribution < 1.29 is 0 Å². The summed E-state index contributed by atoms with van der Waals surface area (Å²) in [6.07, 6.45) is 0. The molecule has 0 aliphatic heterocycles. The average Bonchev–Trinajstić information content (AvgIpc) is 3.46. The predicted octanol–water partition coefficient (Wildman–Crippen LogP) is 11.0. The van der Waals surface area contributed by atoms with Crippen LogP contribution >= 0.6 is 11.3 Å². The molecule has 1 aliphatic rings. The van der Waals surface area contributed by atoms with Crippen molar-refractivity contribution in [2.45, 2.75) is 19.3 Å². The highest BCUT2D eigenvalue weighted by molar-refractivity contribution is 7.26. The molecule has 2 heteroatoms. The van der Waals surface area contributed by atoms with Crippen LogP contribution in [0.3, 0.4) is 0 Å². The second-order valence-corrected chi connectivity index (χ2v) is 12.1. The minimum Gasteiger partial charge on any atom is -0.309 e. The Labute approximate surface area is 232 Å². The molecule has 1 heterocycles. The molecule has 0 atom stereocenters. The Morgan fingerprint density at radius 2 is 1.23 bits per heavy atom. The lowest BCUT2D eigenvalue weighted by atomic mass is 9.81. The van der Waals surface area contributed by atoms with E-state index >= 15 is 0 Å². The van der Waals surface area contributed by atoms with Crippen LogP contribution in [0.2, 0.25) is 0 Å². The number of anilines is 3. The van der Waals surface area contributed by atoms with Gasteiger partial charge in [-0.2, -0.15) is 0 Å². The van der Waals surface area contributed by atoms with Crippen molar-refractivity contribution in [2.24, 2.45) is 0 Å². The van der Waals surface area contributed by atoms with Crippen LogP contribution < -0.4 is 4.90 Å². The zero-order chi connectivity index (χ0) is 26.1. The molecule has 186 valence electrons. The van der Waals surface area contributed by atoms with Crippen molar-refractivity contribution >= 4 is 59.3 Å². The monoisotopic (exact) mass is 517 g/mol. The van der Waals surface area contributed by atoms with E-state index in [1.165, 1.54) is 70.3 Å². The van der Waals surface area contributed by atoms with Crippen LogP contribution in [-0.2, 0) is 5.41 Å². The summed E-state index contributed by atoms with van der Waals surface area (Å²) in [5.41, 5.74) is 8.99. The van der Waals surface area contributed by atoms with Gasteiger partial charge in [-0.1, -0.05) is 92.7 Å². The van der Waals surface area contributed by atoms with E-state index in [2.05, 4.69) is 146 Å². The fourth-order valence-corrected chi connectivity index (χ4v) is 7.67. The Morgan fingerprint density at radius 1 is 0.538 bits per heavy atom. The lowest BCUT2D eigenvalue weighted by Crippen LogP contribution is -2.16. The van der Waals surface area contributed by atoms with Gasteiger partial charge in [0.1, 0.15) is 0 Å². The van der Waals surface area contributed by atoms with E-state index in [0.717, 1.165) is 0 Å². The predicted molar refractivity (Wildman–Crippen MR) is 169 cm³/mol. The lowest BCUT2D eigenvalue weighted by Gasteiger charge is -2.28. The van der Waals surface area contributed by atoms with Crippen molar-refractivity contribution in [3.8, 4) is 11.1 Å². The zero-order valence-electron chi connectivity index (χ0n) is 22.0. The summed E-state index contributed by atoms with van der Waals surface area (Å²) in [6.45, 7) is 4.74. The fourth-order valence-electron chi connectivity index (χ4n) is 6.46. The standard InChI is InChI=1S/C37H27NS/c1-37(2)32-22-25-12-7-6-11-24(25)21-31(32)28-20-19-27(23-33(28)37)38(26-13-4-3-5-14-26)34-17-10-16-30-29-15-8-9-18-35(29)39-36(30)34/h3-23H,1-2H3. The van der Waals surface area contributed by atoms with Gasteiger partial charge in [-0.15, -0.1) is 11.3 Å². The molecule has 0 bridgehead atoms. The fraction of sp³-hybridized carbons (Fsp3) is 0.0811. The van der Waals surface area contributed by atoms with Crippen LogP contribution in [0.1, 0.15) is 25.0 Å². The highest BCUT2D eigenvalue weighted by Gasteiger charge is 2.36. The van der Waals surface area contributed by atoms with Gasteiger partial charge in [0, 0.05) is 32.3 Å². The molecule has 39 heavy (non-hydrogen) atoms. The minimum atomic E-state index is -0.0866. The van der Waals surface area contributed by atoms with Crippen LogP contribution in [0.4, 0.5) is 17.1 Å². The van der Waals surface area contributed by atoms with Gasteiger partial charge >= 0.3 is 0 Å². The Bertz CT molecular complexity index is 2050. The maximum Gasteiger partial charge on any atom is 0.0640 e. The molecule has 8 rings (SSSR count). The van der Waals surface area contributed by atoms with Gasteiger partial charge in [0.05, 0.1) is 10.4 Å². The van der Waals surface area contributed by atoms with Crippen LogP contribution in [-0.4, -0.2) is 0 Å². The first-order valence-electron chi connectivity index (χ1n) is 13.5. The molecule has 6 aromatic carbocycles. The molecule has 0 saturated heterocycles. The third-order valence-electron chi connectivity index (χ3n) is 8.42. The SMILES string of the molecule is CC1(C)c2cc(N(c3ccccc3)c3cccc4c3sc3ccccc34)ccc2-c2cc3ccccc3cc21. The second-order valence-electron chi connectivity index (χ2n) is 11.0. The van der Waals surface area contributed by atoms with Crippen molar-refractivity contribution in [3.05, 3.63) is 139 Å². The summed E-state index contributed by atoms with van der Waals surface area (Å²) in [6, 6.07) is 46.8. The number of rotatable bonds is 3. The van der Waals surface area contributed by atoms with E-state index in [9.17, 15) is 0 Å². The molecule has 1 nitrogen and oxygen atoms in total. The normalized spacial score (nSPS) is 13.6. The third kappa shape index (κ3) is 3.32. The van der Waals surface area contributed by atoms with Crippen molar-refractivity contribution in [1.82, 2.24) is 0 Å². The van der Waals surface area contributed by atoms with Gasteiger partial charge in [-0.3, -0.25) is 0 Å². The number of thiophene rings is 1. The first kappa shape index (κ1) is 22.6. The van der Waals surface area contributed by atoms with E-state index in [-0.39, 0.29) is 5.41 Å². The average molecular weight is 518 g/mol. The highest BCUT2D eigenvalue weighted by atomic mass is 32.1. The number of hydrogen-bond acceptors (Lipinski definition) is 2. The van der Waals surface area contributed by atoms with E-state index < -0.39 is 0 Å². The molecule has 1 aliphatic carbocycles. The van der Waals surface area contributed by atoms with Crippen LogP contribution in [0.25, 0.3) is 42.1 Å². The van der Waals surface area contributed by atoms with Crippen molar-refractivity contribution in [1.29, 1.82) is 0 Å². The Balaban J connectivity index is 1.36. The molecule has 0 N–H and O–H groups in total. The summed E-state index contributed by atoms with van der Waals surface area (Å²) in [5, 5.41) is 5.24. The minimum absolute atomic E-state index is 0.0866. The lowest BCUT2D eigenvalue weighted by molar-refractivity contribution is 0.661. The van der Waals surface area contributed by atoms with E-state index in [0.29, 0.717) is 0 Å². The summed E-state index contributed by atoms with van der Waals surface area (Å²) < 4.78 is 2.64. The largest absolute Gasteiger partial charge is 0.309 e. The Hall–Kier alpha value is -4.40. The van der Waals surface area contributed by atoms with Gasteiger partial charge in [0.25, 0.3) is 0 Å². The van der Waals surface area contributed by atoms with Crippen LogP contribution in [0.5, 0.6) is 0 Å². The highest BCUT2D eigenvalue weighted by Crippen LogP contribution is 2.52. The van der Waals surface area contributed by atoms with Gasteiger partial charge in [0.2, 0.25) is 0 Å². The van der Waals surface area contributed by atoms with Crippen LogP contribution in [0.15, 0.2) is 127 Å². The quantitative estimate of drug-likeness (QED) is 0.225. The topological polar surface area (TPSA) is 3.24 Å². The van der Waals surface area contributed by atoms with E-state index in [1.807, 2.05) is 11.3 Å². The number of para-hydroxylation sites is 1. The van der Waals surface area contributed by atoms with Gasteiger partial charge in [-0.05, 0) is 81.6 Å².